The van der Waals surface area contributed by atoms with Crippen LogP contribution in [0.2, 0.25) is 0 Å². The Morgan fingerprint density at radius 3 is 2.04 bits per heavy atom. The molecule has 0 amide bonds. The van der Waals surface area contributed by atoms with E-state index >= 15 is 0 Å². The zero-order chi connectivity index (χ0) is 16.7. The molecule has 0 saturated heterocycles. The van der Waals surface area contributed by atoms with Crippen LogP contribution in [0, 0.1) is 0 Å². The van der Waals surface area contributed by atoms with E-state index in [4.69, 9.17) is 5.73 Å². The minimum atomic E-state index is 0.593. The predicted octanol–water partition coefficient (Wildman–Crippen LogP) is 5.58. The molecule has 0 aliphatic heterocycles. The highest BCUT2D eigenvalue weighted by molar-refractivity contribution is 6.08. The maximum Gasteiger partial charge on any atom is 0.0178 e. The van der Waals surface area contributed by atoms with Crippen molar-refractivity contribution in [3.63, 3.8) is 0 Å². The maximum absolute atomic E-state index is 5.97. The first-order valence-electron chi connectivity index (χ1n) is 8.86. The van der Waals surface area contributed by atoms with E-state index in [1.165, 1.54) is 50.1 Å². The van der Waals surface area contributed by atoms with Gasteiger partial charge in [0.25, 0.3) is 0 Å². The summed E-state index contributed by atoms with van der Waals surface area (Å²) < 4.78 is 0. The Bertz CT molecular complexity index is 921. The fourth-order valence-electron chi connectivity index (χ4n) is 4.05. The molecule has 0 bridgehead atoms. The lowest BCUT2D eigenvalue weighted by Gasteiger charge is -2.28. The van der Waals surface area contributed by atoms with Crippen LogP contribution in [0.1, 0.15) is 30.5 Å². The van der Waals surface area contributed by atoms with Gasteiger partial charge in [0.1, 0.15) is 0 Å². The van der Waals surface area contributed by atoms with Crippen LogP contribution in [0.5, 0.6) is 0 Å². The molecule has 24 heavy (non-hydrogen) atoms. The summed E-state index contributed by atoms with van der Waals surface area (Å²) in [6.45, 7) is 5.08. The molecule has 1 nitrogen and oxygen atoms in total. The summed E-state index contributed by atoms with van der Waals surface area (Å²) in [4.78, 5) is 0. The highest BCUT2D eigenvalue weighted by atomic mass is 14.5. The quantitative estimate of drug-likeness (QED) is 0.522. The third-order valence-electron chi connectivity index (χ3n) is 5.21. The van der Waals surface area contributed by atoms with Crippen LogP contribution in [0.15, 0.2) is 54.6 Å². The molecule has 0 aromatic heterocycles. The summed E-state index contributed by atoms with van der Waals surface area (Å²) in [5, 5.41) is 0. The second kappa shape index (κ2) is 5.92. The molecule has 2 N–H and O–H groups in total. The van der Waals surface area contributed by atoms with Crippen LogP contribution in [0.3, 0.4) is 0 Å². The van der Waals surface area contributed by atoms with Gasteiger partial charge in [-0.05, 0) is 69.0 Å². The highest BCUT2D eigenvalue weighted by Crippen LogP contribution is 2.52. The summed E-state index contributed by atoms with van der Waals surface area (Å²) in [6.07, 6.45) is 2.10. The molecular formula is C23H23N. The molecule has 0 radical (unpaired) electrons. The van der Waals surface area contributed by atoms with Crippen LogP contribution in [0.25, 0.3) is 33.4 Å². The molecule has 4 rings (SSSR count). The number of hydrogen-bond donors (Lipinski definition) is 1. The normalized spacial score (nSPS) is 11.6. The largest absolute Gasteiger partial charge is 0.326 e. The van der Waals surface area contributed by atoms with Crippen LogP contribution in [0.4, 0.5) is 0 Å². The van der Waals surface area contributed by atoms with Gasteiger partial charge < -0.3 is 5.73 Å². The number of rotatable bonds is 4. The Morgan fingerprint density at radius 2 is 1.38 bits per heavy atom. The van der Waals surface area contributed by atoms with E-state index in [1.54, 1.807) is 0 Å². The Labute approximate surface area is 144 Å². The second-order valence-corrected chi connectivity index (χ2v) is 6.47. The van der Waals surface area contributed by atoms with Gasteiger partial charge in [0.2, 0.25) is 0 Å². The Kier molecular flexibility index (Phi) is 3.74. The van der Waals surface area contributed by atoms with Gasteiger partial charge >= 0.3 is 0 Å². The smallest absolute Gasteiger partial charge is 0.0178 e. The van der Waals surface area contributed by atoms with Gasteiger partial charge in [-0.25, -0.2) is 0 Å². The van der Waals surface area contributed by atoms with Gasteiger partial charge in [-0.1, -0.05) is 62.4 Å². The predicted molar refractivity (Wildman–Crippen MR) is 103 cm³/mol. The van der Waals surface area contributed by atoms with Crippen molar-refractivity contribution in [3.8, 4) is 33.4 Å². The lowest BCUT2D eigenvalue weighted by atomic mass is 9.75. The van der Waals surface area contributed by atoms with E-state index in [9.17, 15) is 0 Å². The zero-order valence-electron chi connectivity index (χ0n) is 14.4. The van der Waals surface area contributed by atoms with Gasteiger partial charge in [0.15, 0.2) is 0 Å². The maximum atomic E-state index is 5.97. The van der Waals surface area contributed by atoms with Gasteiger partial charge in [0, 0.05) is 6.54 Å². The number of benzene rings is 3. The fourth-order valence-corrected chi connectivity index (χ4v) is 4.05. The lowest BCUT2D eigenvalue weighted by molar-refractivity contribution is 1.00. The molecule has 0 spiro atoms. The van der Waals surface area contributed by atoms with Gasteiger partial charge in [-0.2, -0.15) is 0 Å². The first kappa shape index (κ1) is 15.2. The van der Waals surface area contributed by atoms with Gasteiger partial charge in [0.05, 0.1) is 0 Å². The Balaban J connectivity index is 1.98. The van der Waals surface area contributed by atoms with E-state index in [1.807, 2.05) is 0 Å². The molecule has 120 valence electrons. The first-order valence-corrected chi connectivity index (χ1v) is 8.86. The molecular weight excluding hydrogens is 290 g/mol. The van der Waals surface area contributed by atoms with Gasteiger partial charge in [-0.15, -0.1) is 0 Å². The van der Waals surface area contributed by atoms with Crippen molar-refractivity contribution in [1.29, 1.82) is 0 Å². The molecule has 0 heterocycles. The zero-order valence-corrected chi connectivity index (χ0v) is 14.4. The van der Waals surface area contributed by atoms with Crippen molar-refractivity contribution >= 4 is 0 Å². The Hall–Kier alpha value is -2.38. The molecule has 1 aliphatic rings. The van der Waals surface area contributed by atoms with Crippen LogP contribution in [-0.4, -0.2) is 0 Å². The topological polar surface area (TPSA) is 26.0 Å². The fraction of sp³-hybridized carbons (Fsp3) is 0.217. The van der Waals surface area contributed by atoms with E-state index in [-0.39, 0.29) is 0 Å². The third kappa shape index (κ3) is 2.12. The van der Waals surface area contributed by atoms with Crippen molar-refractivity contribution in [2.45, 2.75) is 33.2 Å². The molecule has 1 aliphatic carbocycles. The van der Waals surface area contributed by atoms with Crippen LogP contribution < -0.4 is 5.73 Å². The van der Waals surface area contributed by atoms with E-state index < -0.39 is 0 Å². The summed E-state index contributed by atoms with van der Waals surface area (Å²) in [7, 11) is 0. The lowest BCUT2D eigenvalue weighted by Crippen LogP contribution is -2.05. The Morgan fingerprint density at radius 1 is 0.708 bits per heavy atom. The minimum Gasteiger partial charge on any atom is -0.326 e. The van der Waals surface area contributed by atoms with Crippen LogP contribution >= 0.6 is 0 Å². The third-order valence-corrected chi connectivity index (χ3v) is 5.21. The number of fused-ring (bicyclic) bond motifs is 4. The standard InChI is InChI=1S/C23H23N/c1-3-16-12-15(14-24)13-22(17(16)4-2)21-11-7-10-20-18-8-5-6-9-19(18)23(20)21/h5-13H,3-4,14,24H2,1-2H3. The second-order valence-electron chi connectivity index (χ2n) is 6.47. The highest BCUT2D eigenvalue weighted by Gasteiger charge is 2.26. The number of aryl methyl sites for hydroxylation is 1. The molecule has 3 aromatic carbocycles. The summed E-state index contributed by atoms with van der Waals surface area (Å²) in [6, 6.07) is 20.0. The summed E-state index contributed by atoms with van der Waals surface area (Å²) in [5.74, 6) is 0. The molecule has 0 saturated carbocycles. The van der Waals surface area contributed by atoms with Crippen molar-refractivity contribution in [3.05, 3.63) is 71.3 Å². The number of hydrogen-bond acceptors (Lipinski definition) is 1. The molecule has 0 atom stereocenters. The van der Waals surface area contributed by atoms with Crippen molar-refractivity contribution in [2.24, 2.45) is 5.73 Å². The molecule has 0 fully saturated rings. The van der Waals surface area contributed by atoms with Crippen molar-refractivity contribution < 1.29 is 0 Å². The van der Waals surface area contributed by atoms with Crippen LogP contribution in [-0.2, 0) is 19.4 Å². The monoisotopic (exact) mass is 313 g/mol. The van der Waals surface area contributed by atoms with E-state index in [0.717, 1.165) is 12.8 Å². The number of nitrogens with two attached hydrogens (primary N) is 1. The summed E-state index contributed by atoms with van der Waals surface area (Å²) in [5.41, 5.74) is 18.3. The average molecular weight is 313 g/mol. The minimum absolute atomic E-state index is 0.593. The van der Waals surface area contributed by atoms with E-state index in [0.29, 0.717) is 6.54 Å². The van der Waals surface area contributed by atoms with E-state index in [2.05, 4.69) is 68.4 Å². The van der Waals surface area contributed by atoms with Crippen molar-refractivity contribution in [2.75, 3.05) is 0 Å². The van der Waals surface area contributed by atoms with Gasteiger partial charge in [-0.3, -0.25) is 0 Å². The molecule has 0 unspecified atom stereocenters. The van der Waals surface area contributed by atoms with Crippen molar-refractivity contribution in [1.82, 2.24) is 0 Å². The molecule has 3 aromatic rings. The first-order chi connectivity index (χ1) is 11.8. The average Bonchev–Trinajstić information content (AvgIpc) is 2.64. The SMILES string of the molecule is CCc1cc(CN)cc(-c2cccc3c2-c2ccccc2-3)c1CC. The molecule has 1 heteroatoms. The summed E-state index contributed by atoms with van der Waals surface area (Å²) >= 11 is 0.